The van der Waals surface area contributed by atoms with Crippen molar-refractivity contribution in [3.8, 4) is 0 Å². The van der Waals surface area contributed by atoms with Gasteiger partial charge in [0.1, 0.15) is 6.29 Å². The molecule has 0 aliphatic carbocycles. The van der Waals surface area contributed by atoms with Crippen LogP contribution in [0, 0.1) is 5.41 Å². The Hall–Kier alpha value is -1.87. The second kappa shape index (κ2) is 8.25. The van der Waals surface area contributed by atoms with Crippen molar-refractivity contribution in [2.75, 3.05) is 13.2 Å². The molecule has 5 heteroatoms. The van der Waals surface area contributed by atoms with Gasteiger partial charge in [-0.1, -0.05) is 6.58 Å². The number of hydrogen-bond donors (Lipinski definition) is 0. The van der Waals surface area contributed by atoms with Gasteiger partial charge in [0.25, 0.3) is 0 Å². The number of rotatable bonds is 8. The van der Waals surface area contributed by atoms with Crippen LogP contribution in [0.3, 0.4) is 0 Å². The summed E-state index contributed by atoms with van der Waals surface area (Å²) in [6.07, 6.45) is 1.61. The molecule has 0 N–H and O–H groups in total. The lowest BCUT2D eigenvalue weighted by molar-refractivity contribution is -0.173. The molecule has 0 atom stereocenters. The maximum Gasteiger partial charge on any atom is 0.324 e. The van der Waals surface area contributed by atoms with Crippen LogP contribution < -0.4 is 0 Å². The predicted octanol–water partition coefficient (Wildman–Crippen LogP) is 1.42. The average molecular weight is 254 g/mol. The Bertz CT molecular complexity index is 334. The van der Waals surface area contributed by atoms with Gasteiger partial charge in [0.15, 0.2) is 5.41 Å². The molecule has 100 valence electrons. The van der Waals surface area contributed by atoms with E-state index in [1.807, 2.05) is 0 Å². The number of allylic oxidation sites excluding steroid dienone is 1. The summed E-state index contributed by atoms with van der Waals surface area (Å²) in [7, 11) is 0. The quantitative estimate of drug-likeness (QED) is 0.283. The highest BCUT2D eigenvalue weighted by molar-refractivity contribution is 6.02. The molecule has 0 spiro atoms. The number of hydrogen-bond acceptors (Lipinski definition) is 5. The third kappa shape index (κ3) is 3.86. The summed E-state index contributed by atoms with van der Waals surface area (Å²) >= 11 is 0. The van der Waals surface area contributed by atoms with E-state index in [-0.39, 0.29) is 26.1 Å². The SMILES string of the molecule is C=C=CCC(CC=O)(C(=O)OCC)C(=O)OCC. The lowest BCUT2D eigenvalue weighted by atomic mass is 9.81. The molecule has 0 aromatic rings. The molecule has 5 nitrogen and oxygen atoms in total. The summed E-state index contributed by atoms with van der Waals surface area (Å²) in [6.45, 7) is 6.85. The smallest absolute Gasteiger partial charge is 0.324 e. The second-order valence-corrected chi connectivity index (χ2v) is 3.51. The largest absolute Gasteiger partial charge is 0.465 e. The van der Waals surface area contributed by atoms with Crippen molar-refractivity contribution in [3.63, 3.8) is 0 Å². The average Bonchev–Trinajstić information content (AvgIpc) is 2.35. The van der Waals surface area contributed by atoms with E-state index in [0.717, 1.165) is 0 Å². The van der Waals surface area contributed by atoms with Gasteiger partial charge < -0.3 is 14.3 Å². The van der Waals surface area contributed by atoms with Gasteiger partial charge in [-0.3, -0.25) is 9.59 Å². The second-order valence-electron chi connectivity index (χ2n) is 3.51. The fourth-order valence-electron chi connectivity index (χ4n) is 1.43. The zero-order valence-corrected chi connectivity index (χ0v) is 10.7. The first-order valence-corrected chi connectivity index (χ1v) is 5.71. The van der Waals surface area contributed by atoms with E-state index in [1.54, 1.807) is 13.8 Å². The van der Waals surface area contributed by atoms with E-state index in [2.05, 4.69) is 12.3 Å². The van der Waals surface area contributed by atoms with Crippen molar-refractivity contribution in [3.05, 3.63) is 18.4 Å². The summed E-state index contributed by atoms with van der Waals surface area (Å²) in [6, 6.07) is 0. The molecule has 0 heterocycles. The van der Waals surface area contributed by atoms with Crippen molar-refractivity contribution >= 4 is 18.2 Å². The van der Waals surface area contributed by atoms with Crippen molar-refractivity contribution in [1.82, 2.24) is 0 Å². The van der Waals surface area contributed by atoms with Crippen LogP contribution in [0.4, 0.5) is 0 Å². The van der Waals surface area contributed by atoms with Crippen molar-refractivity contribution in [1.29, 1.82) is 0 Å². The molecule has 0 aliphatic heterocycles. The molecule has 0 saturated heterocycles. The van der Waals surface area contributed by atoms with Crippen LogP contribution in [-0.4, -0.2) is 31.4 Å². The minimum absolute atomic E-state index is 0.0209. The van der Waals surface area contributed by atoms with Gasteiger partial charge in [0.05, 0.1) is 13.2 Å². The fraction of sp³-hybridized carbons (Fsp3) is 0.538. The highest BCUT2D eigenvalue weighted by atomic mass is 16.6. The number of carbonyl (C=O) groups is 3. The van der Waals surface area contributed by atoms with Crippen LogP contribution in [0.25, 0.3) is 0 Å². The Kier molecular flexibility index (Phi) is 7.40. The van der Waals surface area contributed by atoms with E-state index in [1.165, 1.54) is 6.08 Å². The Balaban J connectivity index is 5.37. The van der Waals surface area contributed by atoms with E-state index < -0.39 is 17.4 Å². The summed E-state index contributed by atoms with van der Waals surface area (Å²) in [5.41, 5.74) is 0.842. The number of carbonyl (C=O) groups excluding carboxylic acids is 3. The van der Waals surface area contributed by atoms with Crippen LogP contribution in [0.1, 0.15) is 26.7 Å². The van der Waals surface area contributed by atoms with Crippen LogP contribution >= 0.6 is 0 Å². The minimum Gasteiger partial charge on any atom is -0.465 e. The Morgan fingerprint density at radius 1 is 1.17 bits per heavy atom. The van der Waals surface area contributed by atoms with Crippen LogP contribution in [-0.2, 0) is 23.9 Å². The van der Waals surface area contributed by atoms with E-state index in [9.17, 15) is 14.4 Å². The molecule has 0 aliphatic rings. The number of aldehydes is 1. The Labute approximate surface area is 106 Å². The van der Waals surface area contributed by atoms with E-state index >= 15 is 0 Å². The number of esters is 2. The highest BCUT2D eigenvalue weighted by Crippen LogP contribution is 2.30. The molecule has 0 amide bonds. The molecular weight excluding hydrogens is 236 g/mol. The predicted molar refractivity (Wildman–Crippen MR) is 64.7 cm³/mol. The zero-order valence-electron chi connectivity index (χ0n) is 10.7. The Morgan fingerprint density at radius 3 is 2.00 bits per heavy atom. The van der Waals surface area contributed by atoms with Crippen molar-refractivity contribution in [2.45, 2.75) is 26.7 Å². The normalized spacial score (nSPS) is 10.1. The molecule has 0 rings (SSSR count). The van der Waals surface area contributed by atoms with Crippen molar-refractivity contribution < 1.29 is 23.9 Å². The van der Waals surface area contributed by atoms with Crippen LogP contribution in [0.15, 0.2) is 18.4 Å². The summed E-state index contributed by atoms with van der Waals surface area (Å²) in [5, 5.41) is 0. The molecule has 18 heavy (non-hydrogen) atoms. The maximum absolute atomic E-state index is 11.9. The van der Waals surface area contributed by atoms with Gasteiger partial charge in [-0.25, -0.2) is 0 Å². The third-order valence-corrected chi connectivity index (χ3v) is 2.36. The molecule has 0 aromatic heterocycles. The zero-order chi connectivity index (χ0) is 14.0. The van der Waals surface area contributed by atoms with Gasteiger partial charge in [0, 0.05) is 12.8 Å². The van der Waals surface area contributed by atoms with Crippen LogP contribution in [0.2, 0.25) is 0 Å². The van der Waals surface area contributed by atoms with Gasteiger partial charge in [0.2, 0.25) is 0 Å². The first-order chi connectivity index (χ1) is 8.58. The topological polar surface area (TPSA) is 69.7 Å². The third-order valence-electron chi connectivity index (χ3n) is 2.36. The van der Waals surface area contributed by atoms with Gasteiger partial charge in [-0.05, 0) is 19.9 Å². The lowest BCUT2D eigenvalue weighted by Crippen LogP contribution is -2.42. The standard InChI is InChI=1S/C13H18O5/c1-4-7-8-13(9-10-14,11(15)17-5-2)12(16)18-6-3/h7,10H,1,5-6,8-9H2,2-3H3. The molecule has 0 bridgehead atoms. The minimum atomic E-state index is -1.63. The molecule has 0 unspecified atom stereocenters. The van der Waals surface area contributed by atoms with Crippen LogP contribution in [0.5, 0.6) is 0 Å². The molecule has 0 fully saturated rings. The molecule has 0 saturated carbocycles. The number of ether oxygens (including phenoxy) is 2. The van der Waals surface area contributed by atoms with E-state index in [0.29, 0.717) is 6.29 Å². The fourth-order valence-corrected chi connectivity index (χ4v) is 1.43. The summed E-state index contributed by atoms with van der Waals surface area (Å²) in [4.78, 5) is 34.6. The first-order valence-electron chi connectivity index (χ1n) is 5.71. The maximum atomic E-state index is 11.9. The Morgan fingerprint density at radius 2 is 1.67 bits per heavy atom. The lowest BCUT2D eigenvalue weighted by Gasteiger charge is -2.25. The first kappa shape index (κ1) is 16.1. The van der Waals surface area contributed by atoms with Gasteiger partial charge in [-0.2, -0.15) is 0 Å². The highest BCUT2D eigenvalue weighted by Gasteiger charge is 2.47. The molecule has 0 aromatic carbocycles. The molecule has 0 radical (unpaired) electrons. The van der Waals surface area contributed by atoms with Gasteiger partial charge in [-0.15, -0.1) is 5.73 Å². The van der Waals surface area contributed by atoms with E-state index in [4.69, 9.17) is 9.47 Å². The summed E-state index contributed by atoms with van der Waals surface area (Å²) < 4.78 is 9.72. The summed E-state index contributed by atoms with van der Waals surface area (Å²) in [5.74, 6) is -1.52. The monoisotopic (exact) mass is 254 g/mol. The molecular formula is C13H18O5. The van der Waals surface area contributed by atoms with Crippen molar-refractivity contribution in [2.24, 2.45) is 5.41 Å². The van der Waals surface area contributed by atoms with Gasteiger partial charge >= 0.3 is 11.9 Å².